The van der Waals surface area contributed by atoms with Crippen LogP contribution >= 0.6 is 0 Å². The zero-order chi connectivity index (χ0) is 22.4. The lowest BCUT2D eigenvalue weighted by Crippen LogP contribution is -2.29. The largest absolute Gasteiger partial charge is 0.465 e. The molecule has 3 aromatic carbocycles. The number of anilines is 1. The highest BCUT2D eigenvalue weighted by atomic mass is 19.1. The van der Waals surface area contributed by atoms with E-state index in [1.807, 2.05) is 6.07 Å². The monoisotopic (exact) mass is 429 g/mol. The summed E-state index contributed by atoms with van der Waals surface area (Å²) in [6, 6.07) is 18.1. The van der Waals surface area contributed by atoms with Crippen LogP contribution in [0.25, 0.3) is 11.0 Å². The fraction of sp³-hybridized carbons (Fsp3) is 0.0800. The molecule has 1 aromatic heterocycles. The zero-order valence-corrected chi connectivity index (χ0v) is 16.9. The van der Waals surface area contributed by atoms with Crippen LogP contribution in [0.2, 0.25) is 0 Å². The molecule has 1 atom stereocenters. The van der Waals surface area contributed by atoms with Gasteiger partial charge in [-0.15, -0.1) is 0 Å². The third-order valence-corrected chi connectivity index (χ3v) is 5.51. The minimum atomic E-state index is -0.810. The Bertz CT molecular complexity index is 1430. The smallest absolute Gasteiger partial charge is 0.337 e. The number of esters is 1. The molecule has 158 valence electrons. The Hall–Kier alpha value is -4.26. The Morgan fingerprint density at radius 3 is 2.41 bits per heavy atom. The fourth-order valence-electron chi connectivity index (χ4n) is 4.03. The standard InChI is InChI=1S/C25H16FNO5/c1-31-25(30)15-9-7-14(8-10-15)21-20-22(28)18-13-16(26)11-12-19(18)32-23(20)24(29)27(21)17-5-3-2-4-6-17/h2-13,21H,1H3. The third kappa shape index (κ3) is 2.98. The minimum absolute atomic E-state index is 0.0580. The molecule has 0 spiro atoms. The number of amides is 1. The highest BCUT2D eigenvalue weighted by Gasteiger charge is 2.43. The van der Waals surface area contributed by atoms with Gasteiger partial charge in [0.1, 0.15) is 11.4 Å². The van der Waals surface area contributed by atoms with Crippen molar-refractivity contribution in [1.82, 2.24) is 0 Å². The highest BCUT2D eigenvalue weighted by Crippen LogP contribution is 2.41. The van der Waals surface area contributed by atoms with Crippen LogP contribution in [0, 0.1) is 5.82 Å². The van der Waals surface area contributed by atoms with E-state index in [0.29, 0.717) is 16.8 Å². The van der Waals surface area contributed by atoms with E-state index in [9.17, 15) is 18.8 Å². The number of fused-ring (bicyclic) bond motifs is 2. The van der Waals surface area contributed by atoms with Crippen molar-refractivity contribution >= 4 is 28.5 Å². The quantitative estimate of drug-likeness (QED) is 0.449. The van der Waals surface area contributed by atoms with E-state index in [1.165, 1.54) is 24.1 Å². The van der Waals surface area contributed by atoms with Gasteiger partial charge >= 0.3 is 5.97 Å². The molecule has 1 aliphatic heterocycles. The number of carbonyl (C=O) groups excluding carboxylic acids is 2. The number of benzene rings is 3. The number of hydrogen-bond donors (Lipinski definition) is 0. The second kappa shape index (κ2) is 7.46. The molecule has 0 N–H and O–H groups in total. The fourth-order valence-corrected chi connectivity index (χ4v) is 4.03. The van der Waals surface area contributed by atoms with E-state index >= 15 is 0 Å². The number of carbonyl (C=O) groups is 2. The Morgan fingerprint density at radius 2 is 1.72 bits per heavy atom. The second-order valence-electron chi connectivity index (χ2n) is 7.34. The Labute approximate surface area is 181 Å². The maximum Gasteiger partial charge on any atom is 0.337 e. The van der Waals surface area contributed by atoms with E-state index in [2.05, 4.69) is 0 Å². The van der Waals surface area contributed by atoms with Crippen molar-refractivity contribution in [2.24, 2.45) is 0 Å². The predicted molar refractivity (Wildman–Crippen MR) is 115 cm³/mol. The van der Waals surface area contributed by atoms with Crippen LogP contribution in [-0.4, -0.2) is 19.0 Å². The molecule has 32 heavy (non-hydrogen) atoms. The molecular weight excluding hydrogens is 413 g/mol. The summed E-state index contributed by atoms with van der Waals surface area (Å²) >= 11 is 0. The topological polar surface area (TPSA) is 76.8 Å². The molecule has 0 bridgehead atoms. The van der Waals surface area contributed by atoms with Crippen molar-refractivity contribution in [1.29, 1.82) is 0 Å². The summed E-state index contributed by atoms with van der Waals surface area (Å²) < 4.78 is 24.4. The SMILES string of the molecule is COC(=O)c1ccc(C2c3c(oc4ccc(F)cc4c3=O)C(=O)N2c2ccccc2)cc1. The molecule has 5 rings (SSSR count). The molecule has 0 fully saturated rings. The van der Waals surface area contributed by atoms with E-state index < -0.39 is 29.2 Å². The number of methoxy groups -OCH3 is 1. The molecule has 1 aliphatic rings. The van der Waals surface area contributed by atoms with Crippen LogP contribution in [0.4, 0.5) is 10.1 Å². The zero-order valence-electron chi connectivity index (χ0n) is 16.9. The summed E-state index contributed by atoms with van der Waals surface area (Å²) in [6.07, 6.45) is 0. The molecule has 1 amide bonds. The summed E-state index contributed by atoms with van der Waals surface area (Å²) in [7, 11) is 1.29. The molecule has 4 aromatic rings. The van der Waals surface area contributed by atoms with Crippen LogP contribution in [0.3, 0.4) is 0 Å². The van der Waals surface area contributed by atoms with Crippen molar-refractivity contribution in [3.63, 3.8) is 0 Å². The predicted octanol–water partition coefficient (Wildman–Crippen LogP) is 4.47. The van der Waals surface area contributed by atoms with Crippen molar-refractivity contribution in [2.45, 2.75) is 6.04 Å². The van der Waals surface area contributed by atoms with Gasteiger partial charge in [0.15, 0.2) is 5.43 Å². The number of hydrogen-bond acceptors (Lipinski definition) is 5. The molecule has 0 aliphatic carbocycles. The summed E-state index contributed by atoms with van der Waals surface area (Å²) in [5.74, 6) is -1.63. The van der Waals surface area contributed by atoms with E-state index in [4.69, 9.17) is 9.15 Å². The number of ether oxygens (including phenoxy) is 1. The van der Waals surface area contributed by atoms with E-state index in [1.54, 1.807) is 48.5 Å². The maximum atomic E-state index is 13.9. The first kappa shape index (κ1) is 19.7. The van der Waals surface area contributed by atoms with Gasteiger partial charge in [-0.3, -0.25) is 14.5 Å². The number of halogens is 1. The summed E-state index contributed by atoms with van der Waals surface area (Å²) in [5.41, 5.74) is 1.28. The lowest BCUT2D eigenvalue weighted by atomic mass is 9.97. The van der Waals surface area contributed by atoms with Crippen LogP contribution in [-0.2, 0) is 4.74 Å². The van der Waals surface area contributed by atoms with Gasteiger partial charge in [-0.1, -0.05) is 30.3 Å². The highest BCUT2D eigenvalue weighted by molar-refractivity contribution is 6.10. The van der Waals surface area contributed by atoms with Crippen molar-refractivity contribution in [3.05, 3.63) is 111 Å². The van der Waals surface area contributed by atoms with Crippen LogP contribution in [0.5, 0.6) is 0 Å². The van der Waals surface area contributed by atoms with Gasteiger partial charge in [-0.2, -0.15) is 0 Å². The maximum absolute atomic E-state index is 13.9. The average Bonchev–Trinajstić information content (AvgIpc) is 3.12. The minimum Gasteiger partial charge on any atom is -0.465 e. The molecule has 6 nitrogen and oxygen atoms in total. The van der Waals surface area contributed by atoms with Crippen LogP contribution in [0.15, 0.2) is 82.0 Å². The van der Waals surface area contributed by atoms with Gasteiger partial charge in [0.2, 0.25) is 5.76 Å². The molecule has 1 unspecified atom stereocenters. The summed E-state index contributed by atoms with van der Waals surface area (Å²) in [5, 5.41) is 0.0580. The van der Waals surface area contributed by atoms with Crippen molar-refractivity contribution < 1.29 is 23.1 Å². The van der Waals surface area contributed by atoms with Gasteiger partial charge in [0, 0.05) is 5.69 Å². The second-order valence-corrected chi connectivity index (χ2v) is 7.34. The first-order valence-electron chi connectivity index (χ1n) is 9.82. The lowest BCUT2D eigenvalue weighted by Gasteiger charge is -2.25. The van der Waals surface area contributed by atoms with Gasteiger partial charge in [0.05, 0.1) is 29.7 Å². The Morgan fingerprint density at radius 1 is 1.00 bits per heavy atom. The van der Waals surface area contributed by atoms with Crippen LogP contribution in [0.1, 0.15) is 38.1 Å². The molecule has 0 saturated carbocycles. The first-order chi connectivity index (χ1) is 15.5. The number of rotatable bonds is 3. The van der Waals surface area contributed by atoms with Crippen molar-refractivity contribution in [3.8, 4) is 0 Å². The van der Waals surface area contributed by atoms with E-state index in [-0.39, 0.29) is 22.3 Å². The molecular formula is C25H16FNO5. The van der Waals surface area contributed by atoms with Gasteiger partial charge < -0.3 is 9.15 Å². The Balaban J connectivity index is 1.76. The summed E-state index contributed by atoms with van der Waals surface area (Å²) in [4.78, 5) is 40.1. The summed E-state index contributed by atoms with van der Waals surface area (Å²) in [6.45, 7) is 0. The van der Waals surface area contributed by atoms with Gasteiger partial charge in [-0.25, -0.2) is 9.18 Å². The number of nitrogens with zero attached hydrogens (tertiary/aromatic N) is 1. The molecule has 2 heterocycles. The van der Waals surface area contributed by atoms with E-state index in [0.717, 1.165) is 6.07 Å². The normalized spacial score (nSPS) is 15.1. The number of para-hydroxylation sites is 1. The van der Waals surface area contributed by atoms with Gasteiger partial charge in [0.25, 0.3) is 5.91 Å². The molecule has 7 heteroatoms. The third-order valence-electron chi connectivity index (χ3n) is 5.51. The molecule has 0 radical (unpaired) electrons. The Kier molecular flexibility index (Phi) is 4.59. The van der Waals surface area contributed by atoms with Crippen molar-refractivity contribution in [2.75, 3.05) is 12.0 Å². The first-order valence-corrected chi connectivity index (χ1v) is 9.82. The average molecular weight is 429 g/mol. The molecule has 0 saturated heterocycles. The lowest BCUT2D eigenvalue weighted by molar-refractivity contribution is 0.0600. The van der Waals surface area contributed by atoms with Crippen LogP contribution < -0.4 is 10.3 Å². The van der Waals surface area contributed by atoms with Gasteiger partial charge in [-0.05, 0) is 48.0 Å².